The third kappa shape index (κ3) is 3.81. The highest BCUT2D eigenvalue weighted by atomic mass is 32.2. The molecule has 1 aliphatic rings. The lowest BCUT2D eigenvalue weighted by Crippen LogP contribution is -2.40. The highest BCUT2D eigenvalue weighted by molar-refractivity contribution is 7.90. The number of hydrogen-bond acceptors (Lipinski definition) is 4. The molecular weight excluding hydrogens is 274 g/mol. The average Bonchev–Trinajstić information content (AvgIpc) is 2.40. The summed E-state index contributed by atoms with van der Waals surface area (Å²) in [5, 5.41) is 10.3. The molecular formula is C15H23NO3S. The van der Waals surface area contributed by atoms with E-state index in [1.807, 2.05) is 0 Å². The van der Waals surface area contributed by atoms with Crippen molar-refractivity contribution in [2.75, 3.05) is 19.3 Å². The Morgan fingerprint density at radius 2 is 1.95 bits per heavy atom. The lowest BCUT2D eigenvalue weighted by atomic mass is 10.0. The third-order valence-corrected chi connectivity index (χ3v) is 5.17. The van der Waals surface area contributed by atoms with Gasteiger partial charge in [-0.15, -0.1) is 0 Å². The number of hydrogen-bond donors (Lipinski definition) is 1. The molecule has 0 unspecified atom stereocenters. The van der Waals surface area contributed by atoms with Gasteiger partial charge in [-0.3, -0.25) is 4.90 Å². The van der Waals surface area contributed by atoms with E-state index in [0.29, 0.717) is 17.5 Å². The molecule has 0 amide bonds. The molecule has 1 heterocycles. The number of aliphatic hydroxyl groups is 1. The zero-order chi connectivity index (χ0) is 14.8. The molecule has 20 heavy (non-hydrogen) atoms. The van der Waals surface area contributed by atoms with E-state index >= 15 is 0 Å². The molecule has 0 bridgehead atoms. The molecule has 1 aromatic rings. The summed E-state index contributed by atoms with van der Waals surface area (Å²) in [5.74, 6) is 0. The van der Waals surface area contributed by atoms with Crippen molar-refractivity contribution >= 4 is 9.84 Å². The summed E-state index contributed by atoms with van der Waals surface area (Å²) >= 11 is 0. The second-order valence-corrected chi connectivity index (χ2v) is 7.71. The van der Waals surface area contributed by atoms with Crippen molar-refractivity contribution in [2.24, 2.45) is 0 Å². The van der Waals surface area contributed by atoms with Gasteiger partial charge in [0.15, 0.2) is 9.84 Å². The van der Waals surface area contributed by atoms with E-state index in [4.69, 9.17) is 0 Å². The van der Waals surface area contributed by atoms with E-state index in [9.17, 15) is 13.5 Å². The highest BCUT2D eigenvalue weighted by Gasteiger charge is 2.21. The van der Waals surface area contributed by atoms with Crippen LogP contribution in [0.25, 0.3) is 0 Å². The molecule has 1 fully saturated rings. The predicted molar refractivity (Wildman–Crippen MR) is 79.4 cm³/mol. The van der Waals surface area contributed by atoms with Gasteiger partial charge in [0.25, 0.3) is 0 Å². The van der Waals surface area contributed by atoms with E-state index in [2.05, 4.69) is 11.8 Å². The number of benzene rings is 1. The van der Waals surface area contributed by atoms with Crippen molar-refractivity contribution in [2.45, 2.75) is 43.2 Å². The summed E-state index contributed by atoms with van der Waals surface area (Å²) in [6.07, 6.45) is 4.25. The summed E-state index contributed by atoms with van der Waals surface area (Å²) in [6.45, 7) is 3.83. The van der Waals surface area contributed by atoms with Crippen molar-refractivity contribution in [3.05, 3.63) is 29.8 Å². The minimum absolute atomic E-state index is 0.291. The quantitative estimate of drug-likeness (QED) is 0.923. The Morgan fingerprint density at radius 1 is 1.30 bits per heavy atom. The summed E-state index contributed by atoms with van der Waals surface area (Å²) < 4.78 is 22.8. The summed E-state index contributed by atoms with van der Waals surface area (Å²) in [6, 6.07) is 7.04. The molecule has 1 N–H and O–H groups in total. The molecule has 2 atom stereocenters. The summed E-state index contributed by atoms with van der Waals surface area (Å²) in [5.41, 5.74) is 0.773. The fourth-order valence-corrected chi connectivity index (χ4v) is 3.32. The zero-order valence-corrected chi connectivity index (χ0v) is 12.9. The number of sulfone groups is 1. The van der Waals surface area contributed by atoms with Gasteiger partial charge in [-0.1, -0.05) is 18.6 Å². The Bertz CT molecular complexity index is 539. The van der Waals surface area contributed by atoms with Crippen molar-refractivity contribution in [1.82, 2.24) is 4.90 Å². The molecule has 112 valence electrons. The molecule has 0 aliphatic carbocycles. The number of piperidine rings is 1. The van der Waals surface area contributed by atoms with Gasteiger partial charge in [0, 0.05) is 18.8 Å². The summed E-state index contributed by atoms with van der Waals surface area (Å²) in [7, 11) is -3.17. The van der Waals surface area contributed by atoms with Crippen molar-refractivity contribution in [1.29, 1.82) is 0 Å². The maximum atomic E-state index is 11.4. The number of rotatable bonds is 4. The normalized spacial score (nSPS) is 22.6. The van der Waals surface area contributed by atoms with Crippen molar-refractivity contribution < 1.29 is 13.5 Å². The average molecular weight is 297 g/mol. The molecule has 0 aromatic heterocycles. The Hall–Kier alpha value is -0.910. The van der Waals surface area contributed by atoms with Gasteiger partial charge >= 0.3 is 0 Å². The van der Waals surface area contributed by atoms with Crippen molar-refractivity contribution in [3.63, 3.8) is 0 Å². The maximum absolute atomic E-state index is 11.4. The second-order valence-electron chi connectivity index (χ2n) is 5.70. The lowest BCUT2D eigenvalue weighted by molar-refractivity contribution is 0.0732. The number of β-amino-alcohol motifs (C(OH)–C–C–N with tert-alkyl or cyclic N) is 1. The van der Waals surface area contributed by atoms with Crippen LogP contribution < -0.4 is 0 Å². The first-order valence-corrected chi connectivity index (χ1v) is 8.99. The monoisotopic (exact) mass is 297 g/mol. The Morgan fingerprint density at radius 3 is 2.50 bits per heavy atom. The molecule has 0 radical (unpaired) electrons. The number of aliphatic hydroxyl groups excluding tert-OH is 1. The van der Waals surface area contributed by atoms with Crippen LogP contribution in [-0.2, 0) is 9.84 Å². The van der Waals surface area contributed by atoms with Crippen LogP contribution in [0.15, 0.2) is 29.2 Å². The molecule has 1 aromatic carbocycles. The minimum atomic E-state index is -3.17. The van der Waals surface area contributed by atoms with E-state index in [1.165, 1.54) is 25.5 Å². The van der Waals surface area contributed by atoms with Gasteiger partial charge in [-0.05, 0) is 44.0 Å². The first-order valence-electron chi connectivity index (χ1n) is 7.10. The Balaban J connectivity index is 2.03. The fourth-order valence-electron chi connectivity index (χ4n) is 2.69. The predicted octanol–water partition coefficient (Wildman–Crippen LogP) is 2.00. The van der Waals surface area contributed by atoms with E-state index in [-0.39, 0.29) is 0 Å². The smallest absolute Gasteiger partial charge is 0.175 e. The van der Waals surface area contributed by atoms with Crippen LogP contribution in [-0.4, -0.2) is 43.8 Å². The van der Waals surface area contributed by atoms with Gasteiger partial charge in [-0.2, -0.15) is 0 Å². The first kappa shape index (κ1) is 15.5. The van der Waals surface area contributed by atoms with Gasteiger partial charge in [0.2, 0.25) is 0 Å². The van der Waals surface area contributed by atoms with Crippen LogP contribution in [0.3, 0.4) is 0 Å². The van der Waals surface area contributed by atoms with E-state index in [1.54, 1.807) is 24.3 Å². The molecule has 2 rings (SSSR count). The van der Waals surface area contributed by atoms with Gasteiger partial charge in [0.1, 0.15) is 0 Å². The second kappa shape index (κ2) is 6.24. The first-order chi connectivity index (χ1) is 9.38. The molecule has 4 nitrogen and oxygen atoms in total. The molecule has 1 saturated heterocycles. The number of likely N-dealkylation sites (tertiary alicyclic amines) is 1. The van der Waals surface area contributed by atoms with Crippen LogP contribution in [0.1, 0.15) is 37.9 Å². The maximum Gasteiger partial charge on any atom is 0.175 e. The zero-order valence-electron chi connectivity index (χ0n) is 12.1. The standard InChI is InChI=1S/C15H23NO3S/c1-12-5-3-4-10-16(12)11-15(17)13-6-8-14(9-7-13)20(2,18)19/h6-9,12,15,17H,3-5,10-11H2,1-2H3/t12-,15-/m1/s1. The molecule has 5 heteroatoms. The third-order valence-electron chi connectivity index (χ3n) is 4.04. The lowest BCUT2D eigenvalue weighted by Gasteiger charge is -2.34. The molecule has 0 spiro atoms. The van der Waals surface area contributed by atoms with Crippen molar-refractivity contribution in [3.8, 4) is 0 Å². The SMILES string of the molecule is C[C@@H]1CCCCN1C[C@@H](O)c1ccc(S(C)(=O)=O)cc1. The number of nitrogens with zero attached hydrogens (tertiary/aromatic N) is 1. The minimum Gasteiger partial charge on any atom is -0.387 e. The highest BCUT2D eigenvalue weighted by Crippen LogP contribution is 2.22. The van der Waals surface area contributed by atoms with Crippen LogP contribution in [0.4, 0.5) is 0 Å². The van der Waals surface area contributed by atoms with Crippen LogP contribution in [0, 0.1) is 0 Å². The van der Waals surface area contributed by atoms with E-state index < -0.39 is 15.9 Å². The van der Waals surface area contributed by atoms with E-state index in [0.717, 1.165) is 12.1 Å². The molecule has 0 saturated carbocycles. The largest absolute Gasteiger partial charge is 0.387 e. The molecule has 1 aliphatic heterocycles. The summed E-state index contributed by atoms with van der Waals surface area (Å²) in [4.78, 5) is 2.60. The van der Waals surface area contributed by atoms with Gasteiger partial charge in [-0.25, -0.2) is 8.42 Å². The topological polar surface area (TPSA) is 57.6 Å². The van der Waals surface area contributed by atoms with Gasteiger partial charge in [0.05, 0.1) is 11.0 Å². The van der Waals surface area contributed by atoms with Crippen LogP contribution in [0.5, 0.6) is 0 Å². The van der Waals surface area contributed by atoms with Crippen LogP contribution in [0.2, 0.25) is 0 Å². The Kier molecular flexibility index (Phi) is 4.83. The van der Waals surface area contributed by atoms with Gasteiger partial charge < -0.3 is 5.11 Å². The Labute approximate surface area is 121 Å². The fraction of sp³-hybridized carbons (Fsp3) is 0.600. The van der Waals surface area contributed by atoms with Crippen LogP contribution >= 0.6 is 0 Å².